The van der Waals surface area contributed by atoms with Gasteiger partial charge in [0, 0.05) is 30.9 Å². The van der Waals surface area contributed by atoms with Crippen molar-refractivity contribution in [2.45, 2.75) is 13.1 Å². The zero-order valence-corrected chi connectivity index (χ0v) is 14.3. The summed E-state index contributed by atoms with van der Waals surface area (Å²) in [5.74, 6) is -0.0642. The van der Waals surface area contributed by atoms with Gasteiger partial charge >= 0.3 is 0 Å². The number of fused-ring (bicyclic) bond motifs is 1. The summed E-state index contributed by atoms with van der Waals surface area (Å²) in [6, 6.07) is 15.5. The molecule has 0 bridgehead atoms. The Bertz CT molecular complexity index is 1040. The largest absolute Gasteiger partial charge is 0.337 e. The summed E-state index contributed by atoms with van der Waals surface area (Å²) in [7, 11) is 1.78. The van der Waals surface area contributed by atoms with Crippen LogP contribution in [0, 0.1) is 0 Å². The highest BCUT2D eigenvalue weighted by molar-refractivity contribution is 5.97. The first-order valence-corrected chi connectivity index (χ1v) is 8.30. The zero-order chi connectivity index (χ0) is 17.9. The summed E-state index contributed by atoms with van der Waals surface area (Å²) in [4.78, 5) is 14.3. The number of carbonyl (C=O) groups is 1. The maximum Gasteiger partial charge on any atom is 0.253 e. The van der Waals surface area contributed by atoms with Crippen molar-refractivity contribution in [2.24, 2.45) is 0 Å². The molecule has 2 heterocycles. The van der Waals surface area contributed by atoms with E-state index < -0.39 is 0 Å². The molecule has 0 aliphatic carbocycles. The Morgan fingerprint density at radius 2 is 1.88 bits per heavy atom. The Morgan fingerprint density at radius 3 is 2.73 bits per heavy atom. The molecule has 1 N–H and O–H groups in total. The van der Waals surface area contributed by atoms with E-state index in [1.807, 2.05) is 29.1 Å². The van der Waals surface area contributed by atoms with Crippen LogP contribution in [0.5, 0.6) is 0 Å². The number of hydrogen-bond acceptors (Lipinski definition) is 4. The molecule has 2 aromatic heterocycles. The van der Waals surface area contributed by atoms with E-state index in [-0.39, 0.29) is 5.91 Å². The van der Waals surface area contributed by atoms with Gasteiger partial charge in [0.1, 0.15) is 11.0 Å². The molecule has 0 atom stereocenters. The molecule has 0 aliphatic rings. The Morgan fingerprint density at radius 1 is 1.08 bits per heavy atom. The predicted molar refractivity (Wildman–Crippen MR) is 97.5 cm³/mol. The second-order valence-electron chi connectivity index (χ2n) is 6.22. The first kappa shape index (κ1) is 16.0. The molecule has 26 heavy (non-hydrogen) atoms. The van der Waals surface area contributed by atoms with Crippen LogP contribution in [0.25, 0.3) is 11.0 Å². The second kappa shape index (κ2) is 6.79. The highest BCUT2D eigenvalue weighted by Gasteiger charge is 2.14. The van der Waals surface area contributed by atoms with Crippen molar-refractivity contribution in [1.82, 2.24) is 30.1 Å². The first-order chi connectivity index (χ1) is 12.7. The minimum atomic E-state index is -0.0642. The van der Waals surface area contributed by atoms with Gasteiger partial charge in [-0.2, -0.15) is 20.5 Å². The van der Waals surface area contributed by atoms with E-state index in [1.54, 1.807) is 36.3 Å². The van der Waals surface area contributed by atoms with Crippen LogP contribution >= 0.6 is 0 Å². The molecule has 4 aromatic rings. The van der Waals surface area contributed by atoms with E-state index in [0.29, 0.717) is 24.2 Å². The van der Waals surface area contributed by atoms with Crippen LogP contribution in [-0.2, 0) is 13.1 Å². The Balaban J connectivity index is 1.44. The summed E-state index contributed by atoms with van der Waals surface area (Å²) >= 11 is 0. The Hall–Kier alpha value is -3.48. The van der Waals surface area contributed by atoms with E-state index in [0.717, 1.165) is 11.1 Å². The fraction of sp³-hybridized carbons (Fsp3) is 0.158. The summed E-state index contributed by atoms with van der Waals surface area (Å²) < 4.78 is 1.88. The molecule has 0 spiro atoms. The van der Waals surface area contributed by atoms with Gasteiger partial charge in [-0.3, -0.25) is 9.48 Å². The molecular weight excluding hydrogens is 328 g/mol. The molecule has 7 nitrogen and oxygen atoms in total. The van der Waals surface area contributed by atoms with Crippen LogP contribution in [0.3, 0.4) is 0 Å². The number of nitrogens with one attached hydrogen (secondary N) is 1. The predicted octanol–water partition coefficient (Wildman–Crippen LogP) is 2.47. The van der Waals surface area contributed by atoms with Crippen molar-refractivity contribution in [3.63, 3.8) is 0 Å². The lowest BCUT2D eigenvalue weighted by Gasteiger charge is -2.16. The monoisotopic (exact) mass is 346 g/mol. The molecule has 0 unspecified atom stereocenters. The van der Waals surface area contributed by atoms with Crippen molar-refractivity contribution in [3.8, 4) is 0 Å². The van der Waals surface area contributed by atoms with Crippen molar-refractivity contribution < 1.29 is 4.79 Å². The third-order valence-electron chi connectivity index (χ3n) is 4.20. The molecule has 0 saturated heterocycles. The molecule has 0 saturated carbocycles. The number of aromatic nitrogens is 5. The number of hydrogen-bond donors (Lipinski definition) is 1. The number of rotatable bonds is 5. The Labute approximate surface area is 150 Å². The summed E-state index contributed by atoms with van der Waals surface area (Å²) in [5, 5.41) is 15.0. The SMILES string of the molecule is CN(Cc1cnn(Cc2ccccc2)c1)C(=O)c1ccc2n[nH]nc2c1. The van der Waals surface area contributed by atoms with Gasteiger partial charge in [0.05, 0.1) is 12.7 Å². The average molecular weight is 346 g/mol. The van der Waals surface area contributed by atoms with Crippen LogP contribution in [0.4, 0.5) is 0 Å². The van der Waals surface area contributed by atoms with Gasteiger partial charge < -0.3 is 4.90 Å². The van der Waals surface area contributed by atoms with Crippen molar-refractivity contribution >= 4 is 16.9 Å². The van der Waals surface area contributed by atoms with E-state index in [9.17, 15) is 4.79 Å². The van der Waals surface area contributed by atoms with Crippen LogP contribution in [0.2, 0.25) is 0 Å². The van der Waals surface area contributed by atoms with Gasteiger partial charge in [-0.15, -0.1) is 0 Å². The van der Waals surface area contributed by atoms with Gasteiger partial charge in [-0.05, 0) is 23.8 Å². The minimum Gasteiger partial charge on any atom is -0.337 e. The quantitative estimate of drug-likeness (QED) is 0.602. The van der Waals surface area contributed by atoms with Gasteiger partial charge in [0.2, 0.25) is 0 Å². The maximum absolute atomic E-state index is 12.7. The molecule has 0 aliphatic heterocycles. The molecule has 2 aromatic carbocycles. The third-order valence-corrected chi connectivity index (χ3v) is 4.20. The lowest BCUT2D eigenvalue weighted by molar-refractivity contribution is 0.0785. The molecule has 0 fully saturated rings. The van der Waals surface area contributed by atoms with E-state index in [4.69, 9.17) is 0 Å². The van der Waals surface area contributed by atoms with E-state index >= 15 is 0 Å². The smallest absolute Gasteiger partial charge is 0.253 e. The van der Waals surface area contributed by atoms with Gasteiger partial charge in [0.15, 0.2) is 0 Å². The lowest BCUT2D eigenvalue weighted by atomic mass is 10.1. The number of carbonyl (C=O) groups excluding carboxylic acids is 1. The van der Waals surface area contributed by atoms with Crippen molar-refractivity contribution in [3.05, 3.63) is 77.6 Å². The molecule has 4 rings (SSSR count). The number of benzene rings is 2. The first-order valence-electron chi connectivity index (χ1n) is 8.30. The molecular formula is C19H18N6O. The van der Waals surface area contributed by atoms with Crippen LogP contribution in [-0.4, -0.2) is 43.0 Å². The zero-order valence-electron chi connectivity index (χ0n) is 14.3. The normalized spacial score (nSPS) is 11.0. The number of H-pyrrole nitrogens is 1. The van der Waals surface area contributed by atoms with Crippen LogP contribution in [0.15, 0.2) is 60.9 Å². The molecule has 0 radical (unpaired) electrons. The van der Waals surface area contributed by atoms with Crippen molar-refractivity contribution in [1.29, 1.82) is 0 Å². The van der Waals surface area contributed by atoms with Crippen LogP contribution in [0.1, 0.15) is 21.5 Å². The summed E-state index contributed by atoms with van der Waals surface area (Å²) in [6.45, 7) is 1.20. The molecule has 130 valence electrons. The highest BCUT2D eigenvalue weighted by Crippen LogP contribution is 2.14. The van der Waals surface area contributed by atoms with Crippen molar-refractivity contribution in [2.75, 3.05) is 7.05 Å². The number of aromatic amines is 1. The Kier molecular flexibility index (Phi) is 4.18. The average Bonchev–Trinajstić information content (AvgIpc) is 3.30. The second-order valence-corrected chi connectivity index (χ2v) is 6.22. The summed E-state index contributed by atoms with van der Waals surface area (Å²) in [6.07, 6.45) is 3.77. The maximum atomic E-state index is 12.7. The third kappa shape index (κ3) is 3.32. The topological polar surface area (TPSA) is 79.7 Å². The van der Waals surface area contributed by atoms with E-state index in [2.05, 4.69) is 32.6 Å². The van der Waals surface area contributed by atoms with Gasteiger partial charge in [-0.1, -0.05) is 30.3 Å². The lowest BCUT2D eigenvalue weighted by Crippen LogP contribution is -2.26. The van der Waals surface area contributed by atoms with Crippen LogP contribution < -0.4 is 0 Å². The molecule has 7 heteroatoms. The van der Waals surface area contributed by atoms with Gasteiger partial charge in [0.25, 0.3) is 5.91 Å². The number of nitrogens with zero attached hydrogens (tertiary/aromatic N) is 5. The fourth-order valence-electron chi connectivity index (χ4n) is 2.88. The fourth-order valence-corrected chi connectivity index (χ4v) is 2.88. The number of amides is 1. The minimum absolute atomic E-state index is 0.0642. The molecule has 1 amide bonds. The highest BCUT2D eigenvalue weighted by atomic mass is 16.2. The standard InChI is InChI=1S/C19H18N6O/c1-24(19(26)16-7-8-17-18(9-16)22-23-21-17)11-15-10-20-25(13-15)12-14-5-3-2-4-6-14/h2-10,13H,11-12H2,1H3,(H,21,22,23). The van der Waals surface area contributed by atoms with E-state index in [1.165, 1.54) is 5.56 Å². The summed E-state index contributed by atoms with van der Waals surface area (Å²) in [5.41, 5.74) is 4.18. The van der Waals surface area contributed by atoms with Gasteiger partial charge in [-0.25, -0.2) is 0 Å².